The smallest absolute Gasteiger partial charge is 0.414 e. The van der Waals surface area contributed by atoms with Crippen molar-refractivity contribution in [1.82, 2.24) is 9.62 Å². The van der Waals surface area contributed by atoms with Gasteiger partial charge in [-0.15, -0.1) is 0 Å². The highest BCUT2D eigenvalue weighted by atomic mass is 32.2. The molecule has 0 aliphatic carbocycles. The van der Waals surface area contributed by atoms with E-state index in [2.05, 4.69) is 4.72 Å². The molecule has 1 heterocycles. The van der Waals surface area contributed by atoms with Crippen molar-refractivity contribution >= 4 is 23.0 Å². The van der Waals surface area contributed by atoms with Crippen molar-refractivity contribution < 1.29 is 23.6 Å². The Labute approximate surface area is 206 Å². The minimum atomic E-state index is -1.67. The summed E-state index contributed by atoms with van der Waals surface area (Å²) >= 11 is 0. The number of allylic oxidation sites excluding steroid dienone is 1. The van der Waals surface area contributed by atoms with Crippen LogP contribution in [0.5, 0.6) is 0 Å². The largest absolute Gasteiger partial charge is 0.465 e. The van der Waals surface area contributed by atoms with Crippen LogP contribution in [0.25, 0.3) is 0 Å². The molecule has 34 heavy (non-hydrogen) atoms. The normalized spacial score (nSPS) is 24.9. The first-order valence-corrected chi connectivity index (χ1v) is 12.9. The minimum absolute atomic E-state index is 0.0508. The average molecular weight is 493 g/mol. The first-order valence-electron chi connectivity index (χ1n) is 11.8. The first-order chi connectivity index (χ1) is 15.8. The topological polar surface area (TPSA) is 95.9 Å². The number of imide groups is 1. The summed E-state index contributed by atoms with van der Waals surface area (Å²) in [6.45, 7) is 13.5. The van der Waals surface area contributed by atoms with Crippen molar-refractivity contribution in [1.29, 1.82) is 0 Å². The molecule has 1 fully saturated rings. The highest BCUT2D eigenvalue weighted by Gasteiger charge is 2.68. The molecule has 0 radical (unpaired) electrons. The number of carbonyl (C=O) groups is 2. The molecule has 190 valence electrons. The Kier molecular flexibility index (Phi) is 8.88. The van der Waals surface area contributed by atoms with Crippen LogP contribution in [0.2, 0.25) is 0 Å². The Balaban J connectivity index is 2.86. The number of nitrogens with one attached hydrogen (secondary N) is 1. The number of amides is 2. The van der Waals surface area contributed by atoms with Crippen molar-refractivity contribution in [2.24, 2.45) is 11.3 Å². The Hall–Kier alpha value is -2.03. The van der Waals surface area contributed by atoms with Crippen molar-refractivity contribution in [3.8, 4) is 0 Å². The van der Waals surface area contributed by atoms with Crippen molar-refractivity contribution in [3.63, 3.8) is 0 Å². The van der Waals surface area contributed by atoms with E-state index in [0.717, 1.165) is 16.9 Å². The number of nitrogens with zero attached hydrogens (tertiary/aromatic N) is 1. The fourth-order valence-corrected chi connectivity index (χ4v) is 6.73. The van der Waals surface area contributed by atoms with Crippen LogP contribution in [0.1, 0.15) is 66.4 Å². The average Bonchev–Trinajstić information content (AvgIpc) is 3.05. The number of benzene rings is 1. The van der Waals surface area contributed by atoms with Gasteiger partial charge in [-0.2, -0.15) is 0 Å². The molecule has 0 saturated carbocycles. The second-order valence-electron chi connectivity index (χ2n) is 10.3. The van der Waals surface area contributed by atoms with E-state index in [1.807, 2.05) is 72.8 Å². The third kappa shape index (κ3) is 4.99. The van der Waals surface area contributed by atoms with Crippen LogP contribution in [-0.4, -0.2) is 50.5 Å². The van der Waals surface area contributed by atoms with Gasteiger partial charge in [-0.3, -0.25) is 4.79 Å². The van der Waals surface area contributed by atoms with E-state index in [-0.39, 0.29) is 6.42 Å². The van der Waals surface area contributed by atoms with Crippen LogP contribution in [-0.2, 0) is 20.5 Å². The number of ether oxygens (including phenoxy) is 1. The van der Waals surface area contributed by atoms with E-state index in [0.29, 0.717) is 11.3 Å². The molecule has 0 bridgehead atoms. The Morgan fingerprint density at radius 2 is 1.91 bits per heavy atom. The molecular weight excluding hydrogens is 452 g/mol. The lowest BCUT2D eigenvalue weighted by atomic mass is 9.59. The maximum absolute atomic E-state index is 13.7. The van der Waals surface area contributed by atoms with Crippen LogP contribution in [0.4, 0.5) is 4.79 Å². The first kappa shape index (κ1) is 28.2. The van der Waals surface area contributed by atoms with Gasteiger partial charge in [0.1, 0.15) is 11.0 Å². The number of aryl methyl sites for hydroxylation is 1. The summed E-state index contributed by atoms with van der Waals surface area (Å²) in [4.78, 5) is 27.4. The van der Waals surface area contributed by atoms with E-state index >= 15 is 0 Å². The van der Waals surface area contributed by atoms with Gasteiger partial charge in [-0.25, -0.2) is 18.6 Å². The van der Waals surface area contributed by atoms with Gasteiger partial charge in [0.05, 0.1) is 22.1 Å². The second kappa shape index (κ2) is 10.7. The molecule has 2 N–H and O–H groups in total. The Bertz CT molecular complexity index is 940. The van der Waals surface area contributed by atoms with Gasteiger partial charge in [0.15, 0.2) is 0 Å². The van der Waals surface area contributed by atoms with Crippen molar-refractivity contribution in [2.45, 2.75) is 89.8 Å². The molecule has 0 spiro atoms. The summed E-state index contributed by atoms with van der Waals surface area (Å²) in [7, 11) is -0.0881. The van der Waals surface area contributed by atoms with Gasteiger partial charge in [0.2, 0.25) is 5.91 Å². The number of rotatable bonds is 9. The minimum Gasteiger partial charge on any atom is -0.465 e. The number of carbonyl (C=O) groups excluding carboxylic acids is 1. The number of hydrogen-bond donors (Lipinski definition) is 2. The lowest BCUT2D eigenvalue weighted by molar-refractivity contribution is -0.140. The van der Waals surface area contributed by atoms with E-state index in [1.165, 1.54) is 0 Å². The monoisotopic (exact) mass is 492 g/mol. The van der Waals surface area contributed by atoms with Crippen LogP contribution in [0.15, 0.2) is 41.3 Å². The number of methoxy groups -OCH3 is 1. The van der Waals surface area contributed by atoms with E-state index in [1.54, 1.807) is 19.2 Å². The lowest BCUT2D eigenvalue weighted by Crippen LogP contribution is -2.75. The number of hydrogen-bond acceptors (Lipinski definition) is 4. The SMILES string of the molecule is CC=C[C@@H]1CC(=O)N(C(=O)O)C1([C@@H](NS(=O)c1ccc(C)cc1)[C@](C)(CCC)OC)C(C)(C)C. The van der Waals surface area contributed by atoms with Gasteiger partial charge < -0.3 is 9.84 Å². The molecule has 1 aromatic carbocycles. The molecule has 1 saturated heterocycles. The lowest BCUT2D eigenvalue weighted by Gasteiger charge is -2.57. The van der Waals surface area contributed by atoms with Crippen LogP contribution in [0.3, 0.4) is 0 Å². The van der Waals surface area contributed by atoms with Gasteiger partial charge in [0.25, 0.3) is 0 Å². The van der Waals surface area contributed by atoms with E-state index in [4.69, 9.17) is 4.74 Å². The summed E-state index contributed by atoms with van der Waals surface area (Å²) in [6.07, 6.45) is 3.83. The fourth-order valence-electron chi connectivity index (χ4n) is 5.56. The standard InChI is InChI=1S/C26H40N2O5S/c1-9-11-19-17-21(29)28(23(30)31)26(19,24(4,5)6)22(25(7,33-8)16-10-2)27-34(32)20-14-12-18(3)13-15-20/h9,11-15,19,22,27H,10,16-17H2,1-8H3,(H,30,31)/t19-,22+,25+,26?,34?/m1/s1. The van der Waals surface area contributed by atoms with Gasteiger partial charge in [0, 0.05) is 19.4 Å². The molecular formula is C26H40N2O5S. The van der Waals surface area contributed by atoms with Crippen molar-refractivity contribution in [3.05, 3.63) is 42.0 Å². The Morgan fingerprint density at radius 3 is 2.35 bits per heavy atom. The second-order valence-corrected chi connectivity index (χ2v) is 11.6. The molecule has 1 aromatic rings. The van der Waals surface area contributed by atoms with Crippen LogP contribution >= 0.6 is 0 Å². The van der Waals surface area contributed by atoms with Crippen LogP contribution < -0.4 is 4.72 Å². The summed E-state index contributed by atoms with van der Waals surface area (Å²) in [5.41, 5.74) is -1.85. The highest BCUT2D eigenvalue weighted by molar-refractivity contribution is 7.83. The number of likely N-dealkylation sites (tertiary alicyclic amines) is 1. The molecule has 0 aromatic heterocycles. The zero-order chi connectivity index (χ0) is 25.9. The third-order valence-electron chi connectivity index (χ3n) is 7.12. The summed E-state index contributed by atoms with van der Waals surface area (Å²) in [5, 5.41) is 10.3. The molecule has 1 aliphatic heterocycles. The van der Waals surface area contributed by atoms with Crippen molar-refractivity contribution in [2.75, 3.05) is 7.11 Å². The molecule has 2 unspecified atom stereocenters. The molecule has 8 heteroatoms. The van der Waals surface area contributed by atoms with Gasteiger partial charge >= 0.3 is 6.09 Å². The highest BCUT2D eigenvalue weighted by Crippen LogP contribution is 2.54. The number of carboxylic acid groups (broad SMARTS) is 1. The van der Waals surface area contributed by atoms with Gasteiger partial charge in [-0.1, -0.05) is 64.0 Å². The maximum Gasteiger partial charge on any atom is 0.414 e. The Morgan fingerprint density at radius 1 is 1.32 bits per heavy atom. The zero-order valence-corrected chi connectivity index (χ0v) is 22.5. The quantitative estimate of drug-likeness (QED) is 0.469. The fraction of sp³-hybridized carbons (Fsp3) is 0.615. The molecule has 2 amide bonds. The summed E-state index contributed by atoms with van der Waals surface area (Å²) < 4.78 is 23.0. The maximum atomic E-state index is 13.7. The zero-order valence-electron chi connectivity index (χ0n) is 21.7. The van der Waals surface area contributed by atoms with Crippen LogP contribution in [0, 0.1) is 18.3 Å². The molecule has 7 nitrogen and oxygen atoms in total. The molecule has 5 atom stereocenters. The molecule has 1 aliphatic rings. The predicted octanol–water partition coefficient (Wildman–Crippen LogP) is 5.07. The third-order valence-corrected chi connectivity index (χ3v) is 8.27. The molecule has 2 rings (SSSR count). The predicted molar refractivity (Wildman–Crippen MR) is 135 cm³/mol. The van der Waals surface area contributed by atoms with E-state index < -0.39 is 51.5 Å². The summed E-state index contributed by atoms with van der Waals surface area (Å²) in [5.74, 6) is -0.895. The van der Waals surface area contributed by atoms with E-state index in [9.17, 15) is 18.9 Å². The summed E-state index contributed by atoms with van der Waals surface area (Å²) in [6, 6.07) is 6.59. The van der Waals surface area contributed by atoms with Gasteiger partial charge in [-0.05, 0) is 44.7 Å².